The van der Waals surface area contributed by atoms with Crippen molar-refractivity contribution in [3.63, 3.8) is 0 Å². The highest BCUT2D eigenvalue weighted by Gasteiger charge is 2.53. The van der Waals surface area contributed by atoms with E-state index < -0.39 is 30.0 Å². The van der Waals surface area contributed by atoms with Crippen molar-refractivity contribution < 1.29 is 19.4 Å². The number of aliphatic carboxylic acids is 1. The first-order valence-corrected chi connectivity index (χ1v) is 7.50. The number of anilines is 1. The van der Waals surface area contributed by atoms with Gasteiger partial charge in [0.05, 0.1) is 18.1 Å². The van der Waals surface area contributed by atoms with Crippen LogP contribution < -0.4 is 5.32 Å². The first-order chi connectivity index (χ1) is 11.1. The molecule has 23 heavy (non-hydrogen) atoms. The molecule has 1 fully saturated rings. The van der Waals surface area contributed by atoms with Gasteiger partial charge < -0.3 is 15.2 Å². The molecule has 0 spiro atoms. The normalized spacial score (nSPS) is 28.2. The van der Waals surface area contributed by atoms with Gasteiger partial charge in [-0.2, -0.15) is 0 Å². The van der Waals surface area contributed by atoms with E-state index in [1.807, 2.05) is 42.5 Å². The predicted octanol–water partition coefficient (Wildman–Crippen LogP) is 2.43. The lowest BCUT2D eigenvalue weighted by Gasteiger charge is -2.21. The second kappa shape index (κ2) is 5.21. The van der Waals surface area contributed by atoms with Crippen LogP contribution in [0.4, 0.5) is 5.69 Å². The van der Waals surface area contributed by atoms with Crippen LogP contribution in [0.5, 0.6) is 0 Å². The van der Waals surface area contributed by atoms with E-state index in [0.29, 0.717) is 5.69 Å². The Kier molecular flexibility index (Phi) is 3.16. The van der Waals surface area contributed by atoms with Gasteiger partial charge in [0.15, 0.2) is 0 Å². The minimum Gasteiger partial charge on any atom is -0.481 e. The van der Waals surface area contributed by atoms with Gasteiger partial charge in [0.2, 0.25) is 5.91 Å². The summed E-state index contributed by atoms with van der Waals surface area (Å²) in [7, 11) is 0. The van der Waals surface area contributed by atoms with Crippen LogP contribution in [0.1, 0.15) is 0 Å². The van der Waals surface area contributed by atoms with Crippen LogP contribution in [-0.2, 0) is 14.3 Å². The standard InChI is InChI=1S/C18H15NO4/c20-17(15-13-8-9-14(23-13)16(15)18(21)22)19-12-7-3-5-10-4-1-2-6-11(10)12/h1-9,13-16H,(H,19,20)(H,21,22)/t13-,14+,15+,16-/m1/s1. The van der Waals surface area contributed by atoms with Gasteiger partial charge in [0.1, 0.15) is 5.92 Å². The molecule has 1 amide bonds. The van der Waals surface area contributed by atoms with E-state index in [4.69, 9.17) is 4.74 Å². The van der Waals surface area contributed by atoms with Crippen LogP contribution in [0, 0.1) is 11.8 Å². The van der Waals surface area contributed by atoms with Gasteiger partial charge in [0.25, 0.3) is 0 Å². The van der Waals surface area contributed by atoms with Crippen molar-refractivity contribution in [3.05, 3.63) is 54.6 Å². The highest BCUT2D eigenvalue weighted by atomic mass is 16.5. The Hall–Kier alpha value is -2.66. The van der Waals surface area contributed by atoms with Crippen molar-refractivity contribution in [1.29, 1.82) is 0 Å². The lowest BCUT2D eigenvalue weighted by molar-refractivity contribution is -0.145. The predicted molar refractivity (Wildman–Crippen MR) is 85.0 cm³/mol. The number of fused-ring (bicyclic) bond motifs is 3. The molecule has 4 rings (SSSR count). The van der Waals surface area contributed by atoms with Gasteiger partial charge in [-0.15, -0.1) is 0 Å². The molecule has 0 aromatic heterocycles. The molecule has 0 unspecified atom stereocenters. The summed E-state index contributed by atoms with van der Waals surface area (Å²) in [5, 5.41) is 14.2. The average Bonchev–Trinajstić information content (AvgIpc) is 3.16. The van der Waals surface area contributed by atoms with E-state index in [1.165, 1.54) is 0 Å². The summed E-state index contributed by atoms with van der Waals surface area (Å²) < 4.78 is 5.55. The highest BCUT2D eigenvalue weighted by molar-refractivity contribution is 6.04. The maximum Gasteiger partial charge on any atom is 0.310 e. The maximum absolute atomic E-state index is 12.7. The number of hydrogen-bond acceptors (Lipinski definition) is 3. The molecule has 2 aromatic rings. The molecule has 2 heterocycles. The number of nitrogens with one attached hydrogen (secondary N) is 1. The Morgan fingerprint density at radius 3 is 2.43 bits per heavy atom. The summed E-state index contributed by atoms with van der Waals surface area (Å²) in [6.07, 6.45) is 2.53. The van der Waals surface area contributed by atoms with E-state index in [1.54, 1.807) is 12.2 Å². The van der Waals surface area contributed by atoms with Gasteiger partial charge in [-0.1, -0.05) is 48.6 Å². The van der Waals surface area contributed by atoms with E-state index in [0.717, 1.165) is 10.8 Å². The highest BCUT2D eigenvalue weighted by Crippen LogP contribution is 2.40. The second-order valence-electron chi connectivity index (χ2n) is 5.86. The summed E-state index contributed by atoms with van der Waals surface area (Å²) >= 11 is 0. The number of ether oxygens (including phenoxy) is 1. The van der Waals surface area contributed by atoms with Crippen LogP contribution in [0.3, 0.4) is 0 Å². The minimum atomic E-state index is -1.00. The smallest absolute Gasteiger partial charge is 0.310 e. The summed E-state index contributed by atoms with van der Waals surface area (Å²) in [6, 6.07) is 13.4. The van der Waals surface area contributed by atoms with Gasteiger partial charge in [-0.3, -0.25) is 9.59 Å². The molecule has 0 aliphatic carbocycles. The molecule has 0 saturated carbocycles. The van der Waals surface area contributed by atoms with Crippen molar-refractivity contribution in [2.45, 2.75) is 12.2 Å². The number of rotatable bonds is 3. The zero-order valence-electron chi connectivity index (χ0n) is 12.2. The molecule has 2 aromatic carbocycles. The van der Waals surface area contributed by atoms with Gasteiger partial charge >= 0.3 is 5.97 Å². The monoisotopic (exact) mass is 309 g/mol. The van der Waals surface area contributed by atoms with Crippen molar-refractivity contribution in [1.82, 2.24) is 0 Å². The van der Waals surface area contributed by atoms with Crippen molar-refractivity contribution in [2.75, 3.05) is 5.32 Å². The van der Waals surface area contributed by atoms with Gasteiger partial charge in [-0.25, -0.2) is 0 Å². The van der Waals surface area contributed by atoms with E-state index >= 15 is 0 Å². The number of carbonyl (C=O) groups is 2. The van der Waals surface area contributed by atoms with Crippen LogP contribution in [-0.4, -0.2) is 29.2 Å². The molecule has 2 aliphatic heterocycles. The summed E-state index contributed by atoms with van der Waals surface area (Å²) in [4.78, 5) is 24.2. The lowest BCUT2D eigenvalue weighted by atomic mass is 9.82. The Labute approximate surface area is 132 Å². The largest absolute Gasteiger partial charge is 0.481 e. The fourth-order valence-electron chi connectivity index (χ4n) is 3.47. The molecule has 0 radical (unpaired) electrons. The van der Waals surface area contributed by atoms with Crippen LogP contribution in [0.25, 0.3) is 10.8 Å². The number of carboxylic acids is 1. The molecular weight excluding hydrogens is 294 g/mol. The van der Waals surface area contributed by atoms with Gasteiger partial charge in [0, 0.05) is 11.1 Å². The third-order valence-corrected chi connectivity index (χ3v) is 4.53. The zero-order valence-corrected chi connectivity index (χ0v) is 12.2. The third kappa shape index (κ3) is 2.21. The molecular formula is C18H15NO4. The lowest BCUT2D eigenvalue weighted by Crippen LogP contribution is -2.39. The maximum atomic E-state index is 12.7. The van der Waals surface area contributed by atoms with Crippen molar-refractivity contribution in [3.8, 4) is 0 Å². The Morgan fingerprint density at radius 1 is 0.957 bits per heavy atom. The SMILES string of the molecule is O=C(Nc1cccc2ccccc12)[C@@H]1[C@H](C(=O)O)[C@@H]2C=C[C@H]1O2. The number of amides is 1. The fourth-order valence-corrected chi connectivity index (χ4v) is 3.47. The molecule has 4 atom stereocenters. The second-order valence-corrected chi connectivity index (χ2v) is 5.86. The molecule has 1 saturated heterocycles. The Bertz CT molecular complexity index is 823. The average molecular weight is 309 g/mol. The quantitative estimate of drug-likeness (QED) is 0.854. The van der Waals surface area contributed by atoms with Gasteiger partial charge in [-0.05, 0) is 11.5 Å². The van der Waals surface area contributed by atoms with Crippen LogP contribution in [0.15, 0.2) is 54.6 Å². The molecule has 5 heteroatoms. The number of benzene rings is 2. The summed E-state index contributed by atoms with van der Waals surface area (Å²) in [5.74, 6) is -2.85. The summed E-state index contributed by atoms with van der Waals surface area (Å²) in [5.41, 5.74) is 0.684. The zero-order chi connectivity index (χ0) is 16.0. The Morgan fingerprint density at radius 2 is 1.65 bits per heavy atom. The fraction of sp³-hybridized carbons (Fsp3) is 0.222. The third-order valence-electron chi connectivity index (χ3n) is 4.53. The van der Waals surface area contributed by atoms with E-state index in [2.05, 4.69) is 5.32 Å². The number of carbonyl (C=O) groups excluding carboxylic acids is 1. The molecule has 2 aliphatic rings. The first kappa shape index (κ1) is 14.0. The van der Waals surface area contributed by atoms with Crippen LogP contribution >= 0.6 is 0 Å². The topological polar surface area (TPSA) is 75.6 Å². The number of hydrogen-bond donors (Lipinski definition) is 2. The minimum absolute atomic E-state index is 0.314. The molecule has 2 N–H and O–H groups in total. The van der Waals surface area contributed by atoms with E-state index in [-0.39, 0.29) is 5.91 Å². The Balaban J connectivity index is 1.65. The molecule has 2 bridgehead atoms. The van der Waals surface area contributed by atoms with Crippen LogP contribution in [0.2, 0.25) is 0 Å². The van der Waals surface area contributed by atoms with Crippen molar-refractivity contribution in [2.24, 2.45) is 11.8 Å². The molecule has 116 valence electrons. The van der Waals surface area contributed by atoms with Crippen molar-refractivity contribution >= 4 is 28.3 Å². The molecule has 5 nitrogen and oxygen atoms in total. The first-order valence-electron chi connectivity index (χ1n) is 7.50. The number of carboxylic acid groups (broad SMARTS) is 1. The summed E-state index contributed by atoms with van der Waals surface area (Å²) in [6.45, 7) is 0. The van der Waals surface area contributed by atoms with E-state index in [9.17, 15) is 14.7 Å².